The highest BCUT2D eigenvalue weighted by Gasteiger charge is 2.30. The van der Waals surface area contributed by atoms with E-state index in [0.29, 0.717) is 5.88 Å². The smallest absolute Gasteiger partial charge is 0.296 e. The molecule has 21 heavy (non-hydrogen) atoms. The molecule has 0 saturated carbocycles. The van der Waals surface area contributed by atoms with Crippen LogP contribution < -0.4 is 9.64 Å². The summed E-state index contributed by atoms with van der Waals surface area (Å²) in [7, 11) is 1.58. The van der Waals surface area contributed by atoms with Crippen molar-refractivity contribution in [2.75, 3.05) is 18.5 Å². The molecule has 6 heteroatoms. The summed E-state index contributed by atoms with van der Waals surface area (Å²) in [6.45, 7) is 2.80. The van der Waals surface area contributed by atoms with Gasteiger partial charge in [-0.15, -0.1) is 0 Å². The number of likely N-dealkylation sites (N-methyl/N-ethyl adjacent to an activating group) is 1. The monoisotopic (exact) mass is 302 g/mol. The van der Waals surface area contributed by atoms with Gasteiger partial charge in [0.1, 0.15) is 0 Å². The van der Waals surface area contributed by atoms with E-state index in [-0.39, 0.29) is 16.8 Å². The van der Waals surface area contributed by atoms with Crippen molar-refractivity contribution in [3.63, 3.8) is 0 Å². The van der Waals surface area contributed by atoms with Crippen LogP contribution >= 0.6 is 12.2 Å². The van der Waals surface area contributed by atoms with Crippen LogP contribution in [0.3, 0.4) is 0 Å². The van der Waals surface area contributed by atoms with E-state index in [1.165, 1.54) is 4.90 Å². The van der Waals surface area contributed by atoms with Crippen molar-refractivity contribution < 1.29 is 14.3 Å². The molecule has 0 atom stereocenters. The number of benzene rings is 1. The minimum Gasteiger partial charge on any atom is -0.439 e. The Bertz CT molecular complexity index is 681. The molecule has 2 aliphatic heterocycles. The number of hydrogen-bond donors (Lipinski definition) is 0. The van der Waals surface area contributed by atoms with Crippen LogP contribution in [0.15, 0.2) is 48.1 Å². The lowest BCUT2D eigenvalue weighted by molar-refractivity contribution is -0.122. The van der Waals surface area contributed by atoms with Gasteiger partial charge in [0.2, 0.25) is 5.88 Å². The number of carbonyl (C=O) groups is 1. The number of carbonyl (C=O) groups excluding carboxylic acids is 1. The Balaban J connectivity index is 1.89. The Labute approximate surface area is 128 Å². The summed E-state index contributed by atoms with van der Waals surface area (Å²) in [5, 5.41) is 0.160. The number of amides is 1. The molecule has 0 unspecified atom stereocenters. The van der Waals surface area contributed by atoms with Crippen molar-refractivity contribution in [1.29, 1.82) is 0 Å². The van der Waals surface area contributed by atoms with Gasteiger partial charge in [-0.2, -0.15) is 0 Å². The minimum absolute atomic E-state index is 0.160. The summed E-state index contributed by atoms with van der Waals surface area (Å²) in [4.78, 5) is 15.2. The SMILES string of the molecule is CCN1/C(=C/C=C2/OC(=S)N(C)C2=O)Oc2ccccc21. The van der Waals surface area contributed by atoms with Crippen molar-refractivity contribution >= 4 is 29.0 Å². The van der Waals surface area contributed by atoms with Gasteiger partial charge < -0.3 is 14.4 Å². The normalized spacial score (nSPS) is 21.0. The van der Waals surface area contributed by atoms with E-state index in [1.807, 2.05) is 36.1 Å². The van der Waals surface area contributed by atoms with E-state index in [1.54, 1.807) is 19.2 Å². The van der Waals surface area contributed by atoms with Crippen molar-refractivity contribution in [3.8, 4) is 5.75 Å². The number of nitrogens with zero attached hydrogens (tertiary/aromatic N) is 2. The number of para-hydroxylation sites is 2. The van der Waals surface area contributed by atoms with E-state index in [4.69, 9.17) is 21.7 Å². The summed E-state index contributed by atoms with van der Waals surface area (Å²) in [6.07, 6.45) is 3.31. The molecule has 108 valence electrons. The third-order valence-electron chi connectivity index (χ3n) is 3.32. The highest BCUT2D eigenvalue weighted by molar-refractivity contribution is 7.80. The second kappa shape index (κ2) is 5.21. The van der Waals surface area contributed by atoms with Gasteiger partial charge in [0, 0.05) is 19.7 Å². The van der Waals surface area contributed by atoms with Gasteiger partial charge in [-0.05, 0) is 37.4 Å². The van der Waals surface area contributed by atoms with E-state index >= 15 is 0 Å². The lowest BCUT2D eigenvalue weighted by Crippen LogP contribution is -2.22. The van der Waals surface area contributed by atoms with Crippen molar-refractivity contribution in [3.05, 3.63) is 48.1 Å². The topological polar surface area (TPSA) is 42.0 Å². The lowest BCUT2D eigenvalue weighted by atomic mass is 10.3. The number of ether oxygens (including phenoxy) is 2. The molecule has 1 aromatic carbocycles. The van der Waals surface area contributed by atoms with Gasteiger partial charge in [0.05, 0.1) is 5.69 Å². The maximum Gasteiger partial charge on any atom is 0.296 e. The van der Waals surface area contributed by atoms with Gasteiger partial charge in [-0.1, -0.05) is 12.1 Å². The van der Waals surface area contributed by atoms with Crippen LogP contribution in [0.1, 0.15) is 6.92 Å². The largest absolute Gasteiger partial charge is 0.439 e. The Morgan fingerprint density at radius 1 is 1.24 bits per heavy atom. The molecule has 5 nitrogen and oxygen atoms in total. The van der Waals surface area contributed by atoms with Crippen LogP contribution in [-0.4, -0.2) is 29.6 Å². The van der Waals surface area contributed by atoms with Gasteiger partial charge in [-0.3, -0.25) is 9.69 Å². The summed E-state index contributed by atoms with van der Waals surface area (Å²) >= 11 is 4.93. The second-order valence-corrected chi connectivity index (χ2v) is 4.93. The standard InChI is InChI=1S/C15H14N2O3S/c1-3-17-10-6-4-5-7-11(10)19-13(17)9-8-12-14(18)16(2)15(21)20-12/h4-9H,3H2,1-2H3/b12-8+,13-9-. The zero-order chi connectivity index (χ0) is 15.0. The zero-order valence-electron chi connectivity index (χ0n) is 11.7. The molecule has 1 saturated heterocycles. The third-order valence-corrected chi connectivity index (χ3v) is 3.67. The molecule has 0 radical (unpaired) electrons. The fourth-order valence-electron chi connectivity index (χ4n) is 2.21. The number of thiocarbonyl (C=S) groups is 1. The van der Waals surface area contributed by atoms with E-state index < -0.39 is 0 Å². The number of allylic oxidation sites excluding steroid dienone is 2. The average Bonchev–Trinajstić information content (AvgIpc) is 2.97. The van der Waals surface area contributed by atoms with E-state index in [0.717, 1.165) is 18.0 Å². The van der Waals surface area contributed by atoms with Crippen molar-refractivity contribution in [1.82, 2.24) is 4.90 Å². The molecule has 0 spiro atoms. The molecule has 1 aromatic rings. The highest BCUT2D eigenvalue weighted by atomic mass is 32.1. The first-order valence-electron chi connectivity index (χ1n) is 6.58. The molecule has 2 heterocycles. The lowest BCUT2D eigenvalue weighted by Gasteiger charge is -2.14. The second-order valence-electron chi connectivity index (χ2n) is 4.58. The number of fused-ring (bicyclic) bond motifs is 1. The predicted molar refractivity (Wildman–Crippen MR) is 82.7 cm³/mol. The van der Waals surface area contributed by atoms with E-state index in [9.17, 15) is 4.79 Å². The highest BCUT2D eigenvalue weighted by Crippen LogP contribution is 2.38. The molecule has 1 amide bonds. The van der Waals surface area contributed by atoms with Gasteiger partial charge in [-0.25, -0.2) is 0 Å². The first kappa shape index (κ1) is 13.6. The maximum absolute atomic E-state index is 11.9. The molecule has 0 aromatic heterocycles. The van der Waals surface area contributed by atoms with Gasteiger partial charge in [0.15, 0.2) is 11.5 Å². The van der Waals surface area contributed by atoms with Crippen molar-refractivity contribution in [2.45, 2.75) is 6.92 Å². The zero-order valence-corrected chi connectivity index (χ0v) is 12.5. The fraction of sp³-hybridized carbons (Fsp3) is 0.200. The number of rotatable bonds is 2. The summed E-state index contributed by atoms with van der Waals surface area (Å²) < 4.78 is 11.0. The predicted octanol–water partition coefficient (Wildman–Crippen LogP) is 2.40. The van der Waals surface area contributed by atoms with Crippen LogP contribution in [0, 0.1) is 0 Å². The van der Waals surface area contributed by atoms with Crippen molar-refractivity contribution in [2.24, 2.45) is 0 Å². The molecular weight excluding hydrogens is 288 g/mol. The molecule has 0 N–H and O–H groups in total. The van der Waals surface area contributed by atoms with Crippen LogP contribution in [0.5, 0.6) is 5.75 Å². The Morgan fingerprint density at radius 3 is 2.67 bits per heavy atom. The summed E-state index contributed by atoms with van der Waals surface area (Å²) in [5.74, 6) is 1.40. The fourth-order valence-corrected chi connectivity index (χ4v) is 2.38. The maximum atomic E-state index is 11.9. The molecule has 1 fully saturated rings. The van der Waals surface area contributed by atoms with Crippen LogP contribution in [0.2, 0.25) is 0 Å². The Kier molecular flexibility index (Phi) is 3.39. The minimum atomic E-state index is -0.254. The van der Waals surface area contributed by atoms with Crippen LogP contribution in [0.4, 0.5) is 5.69 Å². The first-order valence-corrected chi connectivity index (χ1v) is 6.99. The Hall–Kier alpha value is -2.34. The van der Waals surface area contributed by atoms with E-state index in [2.05, 4.69) is 0 Å². The van der Waals surface area contributed by atoms with Crippen LogP contribution in [0.25, 0.3) is 0 Å². The first-order chi connectivity index (χ1) is 10.1. The van der Waals surface area contributed by atoms with Crippen LogP contribution in [-0.2, 0) is 9.53 Å². The number of hydrogen-bond acceptors (Lipinski definition) is 5. The molecule has 0 aliphatic carbocycles. The van der Waals surface area contributed by atoms with Gasteiger partial charge in [0.25, 0.3) is 11.1 Å². The third kappa shape index (κ3) is 2.27. The molecular formula is C15H14N2O3S. The molecule has 3 rings (SSSR count). The molecule has 0 bridgehead atoms. The number of anilines is 1. The van der Waals surface area contributed by atoms with Gasteiger partial charge >= 0.3 is 0 Å². The summed E-state index contributed by atoms with van der Waals surface area (Å²) in [6, 6.07) is 7.79. The average molecular weight is 302 g/mol. The molecule has 2 aliphatic rings. The quantitative estimate of drug-likeness (QED) is 0.620. The Morgan fingerprint density at radius 2 is 2.00 bits per heavy atom. The summed E-state index contributed by atoms with van der Waals surface area (Å²) in [5.41, 5.74) is 1.01.